The fourth-order valence-electron chi connectivity index (χ4n) is 3.15. The lowest BCUT2D eigenvalue weighted by Gasteiger charge is -2.29. The molecule has 2 aromatic rings. The first-order valence-corrected chi connectivity index (χ1v) is 9.66. The maximum atomic E-state index is 12.2. The Kier molecular flexibility index (Phi) is 7.38. The fourth-order valence-corrected chi connectivity index (χ4v) is 3.34. The summed E-state index contributed by atoms with van der Waals surface area (Å²) in [4.78, 5) is 14.4. The number of hydrogen-bond acceptors (Lipinski definition) is 6. The number of hydrogen-bond donors (Lipinski definition) is 0. The first-order valence-electron chi connectivity index (χ1n) is 9.28. The van der Waals surface area contributed by atoms with Gasteiger partial charge in [-0.1, -0.05) is 23.7 Å². The summed E-state index contributed by atoms with van der Waals surface area (Å²) < 4.78 is 21.4. The van der Waals surface area contributed by atoms with Gasteiger partial charge in [-0.25, -0.2) is 4.79 Å². The molecule has 0 N–H and O–H groups in total. The second-order valence-corrected chi connectivity index (χ2v) is 6.88. The van der Waals surface area contributed by atoms with E-state index in [-0.39, 0.29) is 6.61 Å². The molecule has 1 aliphatic rings. The Morgan fingerprint density at radius 2 is 1.97 bits per heavy atom. The molecule has 0 aliphatic carbocycles. The van der Waals surface area contributed by atoms with Crippen molar-refractivity contribution in [1.82, 2.24) is 0 Å². The molecule has 7 heteroatoms. The standard InChI is InChI=1S/C22H24ClNO5/c1-26-15-21(22(25)27-2)20-7-6-17(23)12-16(20)14-29-19-5-3-4-18(13-19)24-8-10-28-11-9-24/h3-7,12-13,15H,8-11,14H2,1-2H3/b21-15-. The highest BCUT2D eigenvalue weighted by Crippen LogP contribution is 2.27. The molecule has 0 spiro atoms. The van der Waals surface area contributed by atoms with Gasteiger partial charge in [0, 0.05) is 29.9 Å². The normalized spacial score (nSPS) is 14.4. The van der Waals surface area contributed by atoms with Crippen molar-refractivity contribution in [3.05, 3.63) is 64.9 Å². The maximum absolute atomic E-state index is 12.2. The first kappa shape index (κ1) is 21.0. The van der Waals surface area contributed by atoms with Crippen molar-refractivity contribution < 1.29 is 23.7 Å². The molecule has 0 radical (unpaired) electrons. The number of nitrogens with zero attached hydrogens (tertiary/aromatic N) is 1. The summed E-state index contributed by atoms with van der Waals surface area (Å²) in [5.41, 5.74) is 2.79. The number of anilines is 1. The largest absolute Gasteiger partial charge is 0.503 e. The average molecular weight is 418 g/mol. The molecule has 1 saturated heterocycles. The number of esters is 1. The molecule has 1 heterocycles. The third kappa shape index (κ3) is 5.43. The highest BCUT2D eigenvalue weighted by molar-refractivity contribution is 6.30. The van der Waals surface area contributed by atoms with E-state index in [1.807, 2.05) is 18.2 Å². The van der Waals surface area contributed by atoms with Crippen LogP contribution in [-0.4, -0.2) is 46.5 Å². The molecule has 0 aromatic heterocycles. The van der Waals surface area contributed by atoms with Gasteiger partial charge in [-0.2, -0.15) is 0 Å². The van der Waals surface area contributed by atoms with Crippen LogP contribution in [0.3, 0.4) is 0 Å². The highest BCUT2D eigenvalue weighted by Gasteiger charge is 2.18. The Hall–Kier alpha value is -2.70. The minimum Gasteiger partial charge on any atom is -0.503 e. The van der Waals surface area contributed by atoms with Crippen LogP contribution < -0.4 is 9.64 Å². The summed E-state index contributed by atoms with van der Waals surface area (Å²) in [7, 11) is 2.81. The van der Waals surface area contributed by atoms with Gasteiger partial charge in [0.1, 0.15) is 17.9 Å². The van der Waals surface area contributed by atoms with E-state index >= 15 is 0 Å². The molecule has 0 saturated carbocycles. The molecule has 29 heavy (non-hydrogen) atoms. The van der Waals surface area contributed by atoms with Crippen LogP contribution in [0.1, 0.15) is 11.1 Å². The number of rotatable bonds is 7. The number of ether oxygens (including phenoxy) is 4. The summed E-state index contributed by atoms with van der Waals surface area (Å²) in [6, 6.07) is 13.2. The topological polar surface area (TPSA) is 57.2 Å². The lowest BCUT2D eigenvalue weighted by atomic mass is 10.0. The Morgan fingerprint density at radius 3 is 2.69 bits per heavy atom. The molecule has 0 atom stereocenters. The van der Waals surface area contributed by atoms with Crippen LogP contribution in [-0.2, 0) is 25.6 Å². The number of carbonyl (C=O) groups excluding carboxylic acids is 1. The van der Waals surface area contributed by atoms with Gasteiger partial charge in [-0.15, -0.1) is 0 Å². The SMILES string of the molecule is CO/C=C(\C(=O)OC)c1ccc(Cl)cc1COc1cccc(N2CCOCC2)c1. The van der Waals surface area contributed by atoms with Crippen molar-refractivity contribution in [2.45, 2.75) is 6.61 Å². The molecular formula is C22H24ClNO5. The molecule has 0 amide bonds. The first-order chi connectivity index (χ1) is 14.1. The summed E-state index contributed by atoms with van der Waals surface area (Å²) in [5, 5.41) is 0.552. The number of halogens is 1. The van der Waals surface area contributed by atoms with Crippen LogP contribution in [0.2, 0.25) is 5.02 Å². The zero-order valence-electron chi connectivity index (χ0n) is 16.5. The molecule has 6 nitrogen and oxygen atoms in total. The van der Waals surface area contributed by atoms with Crippen molar-refractivity contribution in [3.63, 3.8) is 0 Å². The third-order valence-electron chi connectivity index (χ3n) is 4.59. The van der Waals surface area contributed by atoms with Gasteiger partial charge >= 0.3 is 5.97 Å². The van der Waals surface area contributed by atoms with E-state index in [9.17, 15) is 4.79 Å². The quantitative estimate of drug-likeness (QED) is 0.386. The number of carbonyl (C=O) groups is 1. The minimum absolute atomic E-state index is 0.237. The van der Waals surface area contributed by atoms with Gasteiger partial charge < -0.3 is 23.8 Å². The predicted molar refractivity (Wildman–Crippen MR) is 112 cm³/mol. The number of methoxy groups -OCH3 is 2. The minimum atomic E-state index is -0.496. The summed E-state index contributed by atoms with van der Waals surface area (Å²) in [6.07, 6.45) is 1.36. The molecule has 1 fully saturated rings. The van der Waals surface area contributed by atoms with Crippen LogP contribution in [0.5, 0.6) is 5.75 Å². The van der Waals surface area contributed by atoms with Gasteiger partial charge in [0.2, 0.25) is 0 Å². The Labute approximate surface area is 175 Å². The summed E-state index contributed by atoms with van der Waals surface area (Å²) in [6.45, 7) is 3.39. The van der Waals surface area contributed by atoms with E-state index in [1.54, 1.807) is 18.2 Å². The van der Waals surface area contributed by atoms with E-state index in [0.717, 1.165) is 43.3 Å². The number of morpholine rings is 1. The van der Waals surface area contributed by atoms with Gasteiger partial charge in [0.15, 0.2) is 0 Å². The van der Waals surface area contributed by atoms with E-state index in [2.05, 4.69) is 11.0 Å². The maximum Gasteiger partial charge on any atom is 0.341 e. The third-order valence-corrected chi connectivity index (χ3v) is 4.82. The van der Waals surface area contributed by atoms with Gasteiger partial charge in [-0.05, 0) is 35.4 Å². The van der Waals surface area contributed by atoms with E-state index in [4.69, 9.17) is 30.5 Å². The van der Waals surface area contributed by atoms with Crippen LogP contribution in [0.25, 0.3) is 5.57 Å². The highest BCUT2D eigenvalue weighted by atomic mass is 35.5. The van der Waals surface area contributed by atoms with Crippen LogP contribution in [0.4, 0.5) is 5.69 Å². The average Bonchev–Trinajstić information content (AvgIpc) is 2.77. The predicted octanol–water partition coefficient (Wildman–Crippen LogP) is 3.92. The summed E-state index contributed by atoms with van der Waals surface area (Å²) >= 11 is 6.18. The summed E-state index contributed by atoms with van der Waals surface area (Å²) in [5.74, 6) is 0.236. The van der Waals surface area contributed by atoms with E-state index in [1.165, 1.54) is 20.5 Å². The molecule has 3 rings (SSSR count). The molecule has 0 bridgehead atoms. The number of benzene rings is 2. The molecule has 1 aliphatic heterocycles. The zero-order chi connectivity index (χ0) is 20.6. The van der Waals surface area contributed by atoms with Crippen molar-refractivity contribution in [1.29, 1.82) is 0 Å². The van der Waals surface area contributed by atoms with E-state index < -0.39 is 5.97 Å². The fraction of sp³-hybridized carbons (Fsp3) is 0.318. The second kappa shape index (κ2) is 10.2. The van der Waals surface area contributed by atoms with E-state index in [0.29, 0.717) is 16.2 Å². The van der Waals surface area contributed by atoms with Crippen molar-refractivity contribution in [2.75, 3.05) is 45.4 Å². The van der Waals surface area contributed by atoms with Gasteiger partial charge in [-0.3, -0.25) is 0 Å². The second-order valence-electron chi connectivity index (χ2n) is 6.45. The zero-order valence-corrected chi connectivity index (χ0v) is 17.3. The smallest absolute Gasteiger partial charge is 0.341 e. The molecule has 2 aromatic carbocycles. The lowest BCUT2D eigenvalue weighted by molar-refractivity contribution is -0.133. The Bertz CT molecular complexity index is 877. The Morgan fingerprint density at radius 1 is 1.17 bits per heavy atom. The lowest BCUT2D eigenvalue weighted by Crippen LogP contribution is -2.36. The van der Waals surface area contributed by atoms with Crippen LogP contribution in [0.15, 0.2) is 48.7 Å². The monoisotopic (exact) mass is 417 g/mol. The van der Waals surface area contributed by atoms with Crippen molar-refractivity contribution in [2.24, 2.45) is 0 Å². The molecule has 0 unspecified atom stereocenters. The van der Waals surface area contributed by atoms with Gasteiger partial charge in [0.25, 0.3) is 0 Å². The Balaban J connectivity index is 1.81. The van der Waals surface area contributed by atoms with Crippen LogP contribution in [0, 0.1) is 0 Å². The molecule has 154 valence electrons. The van der Waals surface area contributed by atoms with Crippen LogP contribution >= 0.6 is 11.6 Å². The van der Waals surface area contributed by atoms with Gasteiger partial charge in [0.05, 0.1) is 33.7 Å². The molecular weight excluding hydrogens is 394 g/mol. The van der Waals surface area contributed by atoms with Crippen molar-refractivity contribution in [3.8, 4) is 5.75 Å². The van der Waals surface area contributed by atoms with Crippen molar-refractivity contribution >= 4 is 28.8 Å².